The van der Waals surface area contributed by atoms with Crippen LogP contribution in [-0.2, 0) is 0 Å². The van der Waals surface area contributed by atoms with Crippen molar-refractivity contribution in [3.05, 3.63) is 6.92 Å². The van der Waals surface area contributed by atoms with Gasteiger partial charge in [0.1, 0.15) is 0 Å². The monoisotopic (exact) mass is 239 g/mol. The van der Waals surface area contributed by atoms with Crippen LogP contribution in [0.1, 0.15) is 97.8 Å². The van der Waals surface area contributed by atoms with Gasteiger partial charge in [-0.25, -0.2) is 0 Å². The van der Waals surface area contributed by atoms with Crippen molar-refractivity contribution in [3.63, 3.8) is 0 Å². The summed E-state index contributed by atoms with van der Waals surface area (Å²) in [5.74, 6) is 0. The van der Waals surface area contributed by atoms with Crippen LogP contribution in [0.15, 0.2) is 0 Å². The molecule has 0 unspecified atom stereocenters. The molecule has 0 N–H and O–H groups in total. The molecule has 0 aromatic rings. The Bertz CT molecular complexity index is 146. The normalized spacial score (nSPS) is 12.0. The summed E-state index contributed by atoms with van der Waals surface area (Å²) in [4.78, 5) is 0. The smallest absolute Gasteiger partial charge is 0.0354 e. The second-order valence-electron chi connectivity index (χ2n) is 6.35. The fourth-order valence-electron chi connectivity index (χ4n) is 2.22. The maximum atomic E-state index is 4.02. The van der Waals surface area contributed by atoms with Crippen molar-refractivity contribution in [1.82, 2.24) is 0 Å². The number of hydrogen-bond acceptors (Lipinski definition) is 0. The molecule has 1 radical (unpaired) electrons. The quantitative estimate of drug-likeness (QED) is 0.339. The molecule has 0 aliphatic carbocycles. The zero-order chi connectivity index (χ0) is 13.0. The molecule has 103 valence electrons. The van der Waals surface area contributed by atoms with Crippen LogP contribution in [0.3, 0.4) is 0 Å². The van der Waals surface area contributed by atoms with E-state index < -0.39 is 0 Å². The minimum absolute atomic E-state index is 0.472. The number of hydrogen-bond donors (Lipinski definition) is 0. The third-order valence-corrected chi connectivity index (χ3v) is 3.88. The Balaban J connectivity index is 3.09. The summed E-state index contributed by atoms with van der Waals surface area (Å²) < 4.78 is 0. The van der Waals surface area contributed by atoms with Crippen molar-refractivity contribution in [2.24, 2.45) is 5.41 Å². The molecule has 17 heavy (non-hydrogen) atoms. The van der Waals surface area contributed by atoms with Crippen LogP contribution in [0.4, 0.5) is 0 Å². The molecule has 0 heterocycles. The topological polar surface area (TPSA) is 0 Å². The Hall–Kier alpha value is 0. The second kappa shape index (κ2) is 11.1. The lowest BCUT2D eigenvalue weighted by Gasteiger charge is -2.21. The zero-order valence-electron chi connectivity index (χ0n) is 12.7. The van der Waals surface area contributed by atoms with Crippen molar-refractivity contribution in [3.8, 4) is 0 Å². The highest BCUT2D eigenvalue weighted by molar-refractivity contribution is 4.69. The van der Waals surface area contributed by atoms with E-state index in [9.17, 15) is 0 Å². The van der Waals surface area contributed by atoms with E-state index in [1.54, 1.807) is 0 Å². The first-order chi connectivity index (χ1) is 8.12. The predicted molar refractivity (Wildman–Crippen MR) is 80.2 cm³/mol. The van der Waals surface area contributed by atoms with Crippen LogP contribution >= 0.6 is 0 Å². The Morgan fingerprint density at radius 2 is 1.12 bits per heavy atom. The highest BCUT2D eigenvalue weighted by Crippen LogP contribution is 2.27. The molecule has 0 spiro atoms. The van der Waals surface area contributed by atoms with Crippen molar-refractivity contribution in [2.45, 2.75) is 97.8 Å². The van der Waals surface area contributed by atoms with E-state index >= 15 is 0 Å². The van der Waals surface area contributed by atoms with Crippen LogP contribution in [0.2, 0.25) is 0 Å². The van der Waals surface area contributed by atoms with Gasteiger partial charge in [0.15, 0.2) is 0 Å². The number of unbranched alkanes of at least 4 members (excludes halogenated alkanes) is 9. The lowest BCUT2D eigenvalue weighted by molar-refractivity contribution is 0.321. The molecule has 0 bridgehead atoms. The summed E-state index contributed by atoms with van der Waals surface area (Å²) in [5, 5.41) is 0. The molecule has 0 aromatic carbocycles. The van der Waals surface area contributed by atoms with Crippen LogP contribution in [0.5, 0.6) is 0 Å². The maximum absolute atomic E-state index is 4.02. The Kier molecular flexibility index (Phi) is 11.1. The van der Waals surface area contributed by atoms with E-state index in [1.165, 1.54) is 70.6 Å². The molecular formula is C17H35. The average Bonchev–Trinajstić information content (AvgIpc) is 2.31. The van der Waals surface area contributed by atoms with Gasteiger partial charge >= 0.3 is 0 Å². The van der Waals surface area contributed by atoms with Gasteiger partial charge in [0.2, 0.25) is 0 Å². The second-order valence-corrected chi connectivity index (χ2v) is 6.35. The molecule has 0 rings (SSSR count). The first-order valence-electron chi connectivity index (χ1n) is 7.91. The van der Waals surface area contributed by atoms with Gasteiger partial charge < -0.3 is 0 Å². The minimum Gasteiger partial charge on any atom is -0.0654 e. The fourth-order valence-corrected chi connectivity index (χ4v) is 2.22. The van der Waals surface area contributed by atoms with Crippen molar-refractivity contribution >= 4 is 0 Å². The molecule has 0 nitrogen and oxygen atoms in total. The fraction of sp³-hybridized carbons (Fsp3) is 0.941. The number of rotatable bonds is 12. The Morgan fingerprint density at radius 1 is 0.706 bits per heavy atom. The lowest BCUT2D eigenvalue weighted by atomic mass is 9.84. The van der Waals surface area contributed by atoms with Crippen molar-refractivity contribution in [2.75, 3.05) is 0 Å². The molecule has 0 fully saturated rings. The van der Waals surface area contributed by atoms with Gasteiger partial charge in [0, 0.05) is 0 Å². The van der Waals surface area contributed by atoms with E-state index in [0.29, 0.717) is 5.41 Å². The van der Waals surface area contributed by atoms with Gasteiger partial charge in [-0.3, -0.25) is 0 Å². The van der Waals surface area contributed by atoms with Gasteiger partial charge in [0.25, 0.3) is 0 Å². The SMILES string of the molecule is [CH2]CC(C)(C)CCCCCCCCCCCC. The standard InChI is InChI=1S/C17H35/c1-5-7-8-9-10-11-12-13-14-15-16-17(3,4)6-2/h2,5-16H2,1,3-4H3. The summed E-state index contributed by atoms with van der Waals surface area (Å²) in [6.07, 6.45) is 16.8. The van der Waals surface area contributed by atoms with Crippen molar-refractivity contribution < 1.29 is 0 Å². The zero-order valence-corrected chi connectivity index (χ0v) is 12.7. The molecule has 0 aliphatic heterocycles. The molecule has 0 saturated heterocycles. The molecule has 0 aromatic heterocycles. The van der Waals surface area contributed by atoms with Crippen LogP contribution in [-0.4, -0.2) is 0 Å². The first kappa shape index (κ1) is 17.0. The van der Waals surface area contributed by atoms with Crippen LogP contribution in [0, 0.1) is 12.3 Å². The third kappa shape index (κ3) is 12.2. The highest BCUT2D eigenvalue weighted by atomic mass is 14.2. The third-order valence-electron chi connectivity index (χ3n) is 3.88. The Morgan fingerprint density at radius 3 is 1.53 bits per heavy atom. The van der Waals surface area contributed by atoms with E-state index in [2.05, 4.69) is 27.7 Å². The van der Waals surface area contributed by atoms with Gasteiger partial charge in [-0.1, -0.05) is 91.9 Å². The van der Waals surface area contributed by atoms with Gasteiger partial charge in [-0.2, -0.15) is 0 Å². The summed E-state index contributed by atoms with van der Waals surface area (Å²) in [7, 11) is 0. The summed E-state index contributed by atoms with van der Waals surface area (Å²) in [6.45, 7) is 11.0. The van der Waals surface area contributed by atoms with Crippen LogP contribution in [0.25, 0.3) is 0 Å². The molecule has 0 saturated carbocycles. The molecule has 0 atom stereocenters. The van der Waals surface area contributed by atoms with Gasteiger partial charge in [-0.05, 0) is 18.3 Å². The van der Waals surface area contributed by atoms with Crippen LogP contribution < -0.4 is 0 Å². The van der Waals surface area contributed by atoms with Gasteiger partial charge in [-0.15, -0.1) is 0 Å². The minimum atomic E-state index is 0.472. The predicted octanol–water partition coefficient (Wildman–Crippen LogP) is 6.55. The summed E-state index contributed by atoms with van der Waals surface area (Å²) in [5.41, 5.74) is 0.472. The average molecular weight is 239 g/mol. The molecule has 0 aliphatic rings. The van der Waals surface area contributed by atoms with E-state index in [0.717, 1.165) is 6.42 Å². The lowest BCUT2D eigenvalue weighted by Crippen LogP contribution is -2.08. The first-order valence-corrected chi connectivity index (χ1v) is 7.91. The van der Waals surface area contributed by atoms with E-state index in [-0.39, 0.29) is 0 Å². The summed E-state index contributed by atoms with van der Waals surface area (Å²) in [6, 6.07) is 0. The van der Waals surface area contributed by atoms with Crippen molar-refractivity contribution in [1.29, 1.82) is 0 Å². The molecule has 0 amide bonds. The van der Waals surface area contributed by atoms with E-state index in [1.807, 2.05) is 0 Å². The van der Waals surface area contributed by atoms with Gasteiger partial charge in [0.05, 0.1) is 0 Å². The Labute approximate surface area is 111 Å². The largest absolute Gasteiger partial charge is 0.0654 e. The highest BCUT2D eigenvalue weighted by Gasteiger charge is 2.13. The maximum Gasteiger partial charge on any atom is -0.0354 e. The summed E-state index contributed by atoms with van der Waals surface area (Å²) >= 11 is 0. The molecule has 0 heteroatoms. The van der Waals surface area contributed by atoms with E-state index in [4.69, 9.17) is 0 Å². The molecular weight excluding hydrogens is 204 g/mol.